The molecule has 0 aliphatic heterocycles. The van der Waals surface area contributed by atoms with Crippen LogP contribution in [0, 0.1) is 6.07 Å². The molecule has 0 atom stereocenters. The molecule has 0 aliphatic rings. The molecule has 18 heavy (non-hydrogen) atoms. The second kappa shape index (κ2) is 6.99. The summed E-state index contributed by atoms with van der Waals surface area (Å²) in [5.41, 5.74) is 1.65. The molecule has 0 unspecified atom stereocenters. The molecule has 0 aliphatic carbocycles. The zero-order chi connectivity index (χ0) is 12.4. The fourth-order valence-electron chi connectivity index (χ4n) is 1.69. The Bertz CT molecular complexity index is 612. The molecule has 0 N–H and O–H groups in total. The van der Waals surface area contributed by atoms with E-state index in [0.717, 1.165) is 15.7 Å². The normalized spacial score (nSPS) is 9.94. The summed E-state index contributed by atoms with van der Waals surface area (Å²) in [7, 11) is 0. The van der Waals surface area contributed by atoms with Crippen molar-refractivity contribution in [2.75, 3.05) is 0 Å². The van der Waals surface area contributed by atoms with Gasteiger partial charge in [-0.2, -0.15) is 12.1 Å². The summed E-state index contributed by atoms with van der Waals surface area (Å²) < 4.78 is 2.53. The maximum Gasteiger partial charge on any atom is 0.194 e. The number of nitrogens with zero attached hydrogens (tertiary/aromatic N) is 1. The SMILES string of the molecule is CCn1c(-c2ccc(Cl)cc2Br)[c-]ccc1=O.[Y]. The molecule has 2 aromatic rings. The molecule has 2 nitrogen and oxygen atoms in total. The molecule has 5 heteroatoms. The van der Waals surface area contributed by atoms with Crippen molar-refractivity contribution in [2.45, 2.75) is 13.5 Å². The van der Waals surface area contributed by atoms with Crippen molar-refractivity contribution in [3.8, 4) is 11.3 Å². The summed E-state index contributed by atoms with van der Waals surface area (Å²) >= 11 is 9.35. The maximum absolute atomic E-state index is 11.7. The van der Waals surface area contributed by atoms with Gasteiger partial charge in [0.05, 0.1) is 0 Å². The maximum atomic E-state index is 11.7. The third-order valence-corrected chi connectivity index (χ3v) is 3.38. The molecule has 0 saturated carbocycles. The van der Waals surface area contributed by atoms with E-state index in [4.69, 9.17) is 11.6 Å². The van der Waals surface area contributed by atoms with E-state index in [-0.39, 0.29) is 38.3 Å². The summed E-state index contributed by atoms with van der Waals surface area (Å²) in [5, 5.41) is 0.655. The number of rotatable bonds is 2. The summed E-state index contributed by atoms with van der Waals surface area (Å²) in [6.07, 6.45) is 0. The van der Waals surface area contributed by atoms with Crippen molar-refractivity contribution in [3.05, 3.63) is 56.2 Å². The number of benzene rings is 1. The molecule has 91 valence electrons. The van der Waals surface area contributed by atoms with Gasteiger partial charge in [0.15, 0.2) is 5.56 Å². The molecular weight excluding hydrogens is 390 g/mol. The van der Waals surface area contributed by atoms with Gasteiger partial charge >= 0.3 is 0 Å². The molecule has 0 fully saturated rings. The third-order valence-electron chi connectivity index (χ3n) is 2.48. The van der Waals surface area contributed by atoms with Crippen LogP contribution in [-0.4, -0.2) is 4.57 Å². The summed E-state index contributed by atoms with van der Waals surface area (Å²) in [4.78, 5) is 11.7. The first-order chi connectivity index (χ1) is 8.13. The minimum absolute atomic E-state index is 0. The second-order valence-electron chi connectivity index (χ2n) is 3.53. The predicted octanol–water partition coefficient (Wildman–Crippen LogP) is 3.75. The van der Waals surface area contributed by atoms with Crippen LogP contribution < -0.4 is 5.56 Å². The Morgan fingerprint density at radius 3 is 2.72 bits per heavy atom. The average Bonchev–Trinajstić information content (AvgIpc) is 2.29. The van der Waals surface area contributed by atoms with E-state index in [1.54, 1.807) is 16.7 Å². The average molecular weight is 400 g/mol. The smallest absolute Gasteiger partial charge is 0.194 e. The minimum Gasteiger partial charge on any atom is -0.343 e. The van der Waals surface area contributed by atoms with Crippen LogP contribution in [0.25, 0.3) is 11.3 Å². The van der Waals surface area contributed by atoms with Crippen LogP contribution in [0.5, 0.6) is 0 Å². The fourth-order valence-corrected chi connectivity index (χ4v) is 2.56. The molecule has 1 aromatic heterocycles. The van der Waals surface area contributed by atoms with Gasteiger partial charge < -0.3 is 4.57 Å². The topological polar surface area (TPSA) is 22.0 Å². The van der Waals surface area contributed by atoms with Gasteiger partial charge in [0.1, 0.15) is 0 Å². The first-order valence-corrected chi connectivity index (χ1v) is 6.37. The van der Waals surface area contributed by atoms with Crippen LogP contribution in [0.2, 0.25) is 5.02 Å². The molecule has 0 saturated heterocycles. The van der Waals surface area contributed by atoms with Crippen LogP contribution in [0.1, 0.15) is 6.92 Å². The van der Waals surface area contributed by atoms with E-state index in [9.17, 15) is 4.79 Å². The van der Waals surface area contributed by atoms with Crippen LogP contribution in [0.15, 0.2) is 39.6 Å². The summed E-state index contributed by atoms with van der Waals surface area (Å²) in [6.45, 7) is 2.54. The molecular formula is C13H10BrClNOY-. The predicted molar refractivity (Wildman–Crippen MR) is 73.4 cm³/mol. The minimum atomic E-state index is -0.0249. The van der Waals surface area contributed by atoms with Gasteiger partial charge in [-0.1, -0.05) is 50.9 Å². The fraction of sp³-hybridized carbons (Fsp3) is 0.154. The van der Waals surface area contributed by atoms with Crippen LogP contribution in [-0.2, 0) is 39.3 Å². The summed E-state index contributed by atoms with van der Waals surface area (Å²) in [6, 6.07) is 11.7. The van der Waals surface area contributed by atoms with Gasteiger partial charge in [-0.15, -0.1) is 6.07 Å². The Hall–Kier alpha value is 0.0439. The van der Waals surface area contributed by atoms with Gasteiger partial charge in [-0.05, 0) is 17.5 Å². The van der Waals surface area contributed by atoms with Crippen molar-refractivity contribution in [2.24, 2.45) is 0 Å². The van der Waals surface area contributed by atoms with Crippen molar-refractivity contribution >= 4 is 27.5 Å². The van der Waals surface area contributed by atoms with E-state index in [1.165, 1.54) is 6.07 Å². The van der Waals surface area contributed by atoms with Gasteiger partial charge in [-0.3, -0.25) is 4.79 Å². The van der Waals surface area contributed by atoms with Crippen molar-refractivity contribution in [3.63, 3.8) is 0 Å². The van der Waals surface area contributed by atoms with Gasteiger partial charge in [0, 0.05) is 44.3 Å². The quantitative estimate of drug-likeness (QED) is 0.704. The number of hydrogen-bond acceptors (Lipinski definition) is 1. The second-order valence-corrected chi connectivity index (χ2v) is 4.82. The van der Waals surface area contributed by atoms with Crippen LogP contribution in [0.4, 0.5) is 0 Å². The Labute approximate surface area is 144 Å². The first kappa shape index (κ1) is 16.1. The van der Waals surface area contributed by atoms with E-state index in [1.807, 2.05) is 19.1 Å². The molecule has 0 amide bonds. The zero-order valence-electron chi connectivity index (χ0n) is 9.78. The largest absolute Gasteiger partial charge is 0.343 e. The standard InChI is InChI=1S/C13H10BrClNO.Y/c1-2-16-12(4-3-5-13(16)17)10-7-6-9(15)8-11(10)14;/h3,5-8H,2H2,1H3;/q-1;. The van der Waals surface area contributed by atoms with E-state index in [0.29, 0.717) is 11.6 Å². The third kappa shape index (κ3) is 3.33. The monoisotopic (exact) mass is 399 g/mol. The van der Waals surface area contributed by atoms with Gasteiger partial charge in [0.2, 0.25) is 0 Å². The van der Waals surface area contributed by atoms with Crippen molar-refractivity contribution in [1.82, 2.24) is 4.57 Å². The van der Waals surface area contributed by atoms with E-state index in [2.05, 4.69) is 22.0 Å². The Kier molecular flexibility index (Phi) is 6.26. The van der Waals surface area contributed by atoms with E-state index >= 15 is 0 Å². The number of aromatic nitrogens is 1. The molecule has 0 spiro atoms. The number of halogens is 2. The number of hydrogen-bond donors (Lipinski definition) is 0. The molecule has 2 rings (SSSR count). The zero-order valence-corrected chi connectivity index (χ0v) is 15.0. The Morgan fingerprint density at radius 1 is 1.39 bits per heavy atom. The van der Waals surface area contributed by atoms with Crippen LogP contribution >= 0.6 is 27.5 Å². The molecule has 1 radical (unpaired) electrons. The molecule has 1 heterocycles. The molecule has 1 aromatic carbocycles. The summed E-state index contributed by atoms with van der Waals surface area (Å²) in [5.74, 6) is 0. The number of pyridine rings is 1. The van der Waals surface area contributed by atoms with Gasteiger partial charge in [-0.25, -0.2) is 0 Å². The Morgan fingerprint density at radius 2 is 2.11 bits per heavy atom. The van der Waals surface area contributed by atoms with Gasteiger partial charge in [0.25, 0.3) is 0 Å². The van der Waals surface area contributed by atoms with Crippen molar-refractivity contribution < 1.29 is 32.7 Å². The molecule has 0 bridgehead atoms. The van der Waals surface area contributed by atoms with Crippen LogP contribution in [0.3, 0.4) is 0 Å². The first-order valence-electron chi connectivity index (χ1n) is 5.20. The van der Waals surface area contributed by atoms with E-state index < -0.39 is 0 Å². The Balaban J connectivity index is 0.00000162. The van der Waals surface area contributed by atoms with Crippen molar-refractivity contribution in [1.29, 1.82) is 0 Å².